The lowest BCUT2D eigenvalue weighted by Gasteiger charge is -2.33. The number of pyridine rings is 1. The van der Waals surface area contributed by atoms with Crippen molar-refractivity contribution < 1.29 is 13.6 Å². The second-order valence-corrected chi connectivity index (χ2v) is 8.01. The third-order valence-electron chi connectivity index (χ3n) is 5.42. The largest absolute Gasteiger partial charge is 0.432 e. The van der Waals surface area contributed by atoms with Crippen LogP contribution >= 0.6 is 0 Å². The molecule has 0 bridgehead atoms. The lowest BCUT2D eigenvalue weighted by molar-refractivity contribution is 0.0643. The van der Waals surface area contributed by atoms with Gasteiger partial charge in [-0.3, -0.25) is 4.79 Å². The van der Waals surface area contributed by atoms with E-state index in [2.05, 4.69) is 15.0 Å². The van der Waals surface area contributed by atoms with Crippen LogP contribution in [-0.4, -0.2) is 41.9 Å². The number of rotatable bonds is 3. The van der Waals surface area contributed by atoms with Crippen LogP contribution in [-0.2, 0) is 12.1 Å². The third kappa shape index (κ3) is 2.89. The molecule has 8 nitrogen and oxygen atoms in total. The van der Waals surface area contributed by atoms with Crippen LogP contribution in [0.4, 0.5) is 4.39 Å². The van der Waals surface area contributed by atoms with E-state index in [1.54, 1.807) is 15.7 Å². The topological polar surface area (TPSA) is 92.3 Å². The molecule has 5 rings (SSSR count). The van der Waals surface area contributed by atoms with Gasteiger partial charge in [-0.15, -0.1) is 0 Å². The summed E-state index contributed by atoms with van der Waals surface area (Å²) in [5.41, 5.74) is 2.70. The maximum atomic E-state index is 14.2. The van der Waals surface area contributed by atoms with Crippen molar-refractivity contribution in [3.63, 3.8) is 0 Å². The minimum absolute atomic E-state index is 0.000319. The summed E-state index contributed by atoms with van der Waals surface area (Å²) in [5.74, 6) is -0.492. The monoisotopic (exact) mass is 408 g/mol. The molecule has 0 aromatic carbocycles. The number of hydrogen-bond donors (Lipinski definition) is 1. The van der Waals surface area contributed by atoms with Gasteiger partial charge in [-0.2, -0.15) is 5.10 Å². The molecule has 1 aliphatic rings. The Morgan fingerprint density at radius 3 is 2.93 bits per heavy atom. The molecule has 4 aromatic heterocycles. The number of nitrogens with one attached hydrogen (secondary N) is 1. The average Bonchev–Trinajstić information content (AvgIpc) is 3.44. The van der Waals surface area contributed by atoms with Gasteiger partial charge in [-0.25, -0.2) is 18.9 Å². The highest BCUT2D eigenvalue weighted by molar-refractivity contribution is 5.92. The number of amides is 1. The van der Waals surface area contributed by atoms with Crippen LogP contribution in [0.2, 0.25) is 0 Å². The maximum absolute atomic E-state index is 14.2. The van der Waals surface area contributed by atoms with Crippen molar-refractivity contribution in [2.45, 2.75) is 38.9 Å². The number of fused-ring (bicyclic) bond motifs is 2. The number of aryl methyl sites for hydroxylation is 1. The summed E-state index contributed by atoms with van der Waals surface area (Å²) in [6.45, 7) is 5.14. The number of carbonyl (C=O) groups is 1. The number of hydrogen-bond acceptors (Lipinski definition) is 5. The van der Waals surface area contributed by atoms with Gasteiger partial charge >= 0.3 is 0 Å². The predicted octanol–water partition coefficient (Wildman–Crippen LogP) is 3.35. The van der Waals surface area contributed by atoms with E-state index in [9.17, 15) is 9.18 Å². The summed E-state index contributed by atoms with van der Waals surface area (Å²) < 4.78 is 21.4. The van der Waals surface area contributed by atoms with E-state index in [1.807, 2.05) is 31.3 Å². The fraction of sp³-hybridized carbons (Fsp3) is 0.333. The van der Waals surface area contributed by atoms with E-state index in [0.29, 0.717) is 18.7 Å². The van der Waals surface area contributed by atoms with E-state index < -0.39 is 11.7 Å². The summed E-state index contributed by atoms with van der Waals surface area (Å²) in [6, 6.07) is 5.43. The molecule has 0 aliphatic carbocycles. The normalized spacial score (nSPS) is 16.8. The van der Waals surface area contributed by atoms with E-state index in [-0.39, 0.29) is 17.6 Å². The van der Waals surface area contributed by atoms with Gasteiger partial charge in [0.05, 0.1) is 29.4 Å². The Bertz CT molecular complexity index is 1250. The lowest BCUT2D eigenvalue weighted by atomic mass is 9.99. The Balaban J connectivity index is 1.59. The first-order valence-corrected chi connectivity index (χ1v) is 9.76. The van der Waals surface area contributed by atoms with Crippen LogP contribution in [0.15, 0.2) is 41.3 Å². The Morgan fingerprint density at radius 2 is 2.20 bits per heavy atom. The molecule has 1 amide bonds. The molecule has 0 saturated carbocycles. The van der Waals surface area contributed by atoms with Gasteiger partial charge in [0.25, 0.3) is 5.91 Å². The van der Waals surface area contributed by atoms with Gasteiger partial charge in [0, 0.05) is 24.9 Å². The Morgan fingerprint density at radius 1 is 1.37 bits per heavy atom. The number of halogens is 1. The molecule has 154 valence electrons. The van der Waals surface area contributed by atoms with Crippen LogP contribution in [0.25, 0.3) is 5.52 Å². The number of nitrogens with zero attached hydrogens (tertiary/aromatic N) is 5. The summed E-state index contributed by atoms with van der Waals surface area (Å²) in [4.78, 5) is 26.6. The molecule has 0 fully saturated rings. The van der Waals surface area contributed by atoms with Gasteiger partial charge in [0.2, 0.25) is 11.7 Å². The van der Waals surface area contributed by atoms with Crippen molar-refractivity contribution >= 4 is 11.4 Å². The van der Waals surface area contributed by atoms with Crippen molar-refractivity contribution in [3.05, 3.63) is 71.2 Å². The molecule has 0 unspecified atom stereocenters. The average molecular weight is 408 g/mol. The van der Waals surface area contributed by atoms with Crippen molar-refractivity contribution in [1.82, 2.24) is 29.5 Å². The third-order valence-corrected chi connectivity index (χ3v) is 5.42. The number of imidazole rings is 1. The zero-order valence-corrected chi connectivity index (χ0v) is 16.9. The number of oxazole rings is 1. The van der Waals surface area contributed by atoms with Gasteiger partial charge < -0.3 is 14.3 Å². The number of carbonyl (C=O) groups excluding carboxylic acids is 1. The number of aromatic amines is 1. The molecule has 1 atom stereocenters. The minimum Gasteiger partial charge on any atom is -0.432 e. The first kappa shape index (κ1) is 18.5. The molecule has 0 saturated heterocycles. The van der Waals surface area contributed by atoms with Crippen LogP contribution in [0, 0.1) is 6.92 Å². The van der Waals surface area contributed by atoms with Crippen molar-refractivity contribution in [1.29, 1.82) is 0 Å². The van der Waals surface area contributed by atoms with Crippen LogP contribution in [0.1, 0.15) is 59.0 Å². The summed E-state index contributed by atoms with van der Waals surface area (Å²) >= 11 is 0. The van der Waals surface area contributed by atoms with E-state index in [1.165, 1.54) is 20.0 Å². The quantitative estimate of drug-likeness (QED) is 0.561. The molecular weight excluding hydrogens is 387 g/mol. The lowest BCUT2D eigenvalue weighted by Crippen LogP contribution is -2.40. The zero-order valence-electron chi connectivity index (χ0n) is 16.9. The second-order valence-electron chi connectivity index (χ2n) is 8.01. The fourth-order valence-corrected chi connectivity index (χ4v) is 3.89. The Hall–Kier alpha value is -3.49. The molecular formula is C21H21FN6O2. The Labute approximate surface area is 171 Å². The van der Waals surface area contributed by atoms with E-state index in [4.69, 9.17) is 9.52 Å². The Kier molecular flexibility index (Phi) is 4.02. The first-order valence-electron chi connectivity index (χ1n) is 9.76. The molecule has 30 heavy (non-hydrogen) atoms. The van der Waals surface area contributed by atoms with Gasteiger partial charge in [0.15, 0.2) is 5.67 Å². The molecule has 1 aliphatic heterocycles. The maximum Gasteiger partial charge on any atom is 0.292 e. The number of alkyl halides is 1. The molecule has 4 aromatic rings. The van der Waals surface area contributed by atoms with Crippen LogP contribution in [0.3, 0.4) is 0 Å². The van der Waals surface area contributed by atoms with E-state index >= 15 is 0 Å². The molecule has 5 heterocycles. The van der Waals surface area contributed by atoms with Crippen LogP contribution < -0.4 is 0 Å². The predicted molar refractivity (Wildman–Crippen MR) is 106 cm³/mol. The van der Waals surface area contributed by atoms with Crippen LogP contribution in [0.5, 0.6) is 0 Å². The van der Waals surface area contributed by atoms with Crippen molar-refractivity contribution in [3.8, 4) is 0 Å². The smallest absolute Gasteiger partial charge is 0.292 e. The highest BCUT2D eigenvalue weighted by atomic mass is 19.1. The highest BCUT2D eigenvalue weighted by Gasteiger charge is 2.38. The van der Waals surface area contributed by atoms with Crippen molar-refractivity contribution in [2.75, 3.05) is 6.54 Å². The molecule has 9 heteroatoms. The molecule has 0 spiro atoms. The SMILES string of the molecule is Cc1cccn2nc([C@@H]3c4nc[nH]c4CCN3C(=O)c3cnc(C(C)(C)F)o3)cc12. The summed E-state index contributed by atoms with van der Waals surface area (Å²) in [6.07, 6.45) is 5.41. The minimum atomic E-state index is -1.77. The van der Waals surface area contributed by atoms with Gasteiger partial charge in [-0.1, -0.05) is 6.07 Å². The first-order chi connectivity index (χ1) is 14.3. The molecule has 0 radical (unpaired) electrons. The van der Waals surface area contributed by atoms with E-state index in [0.717, 1.165) is 22.5 Å². The second kappa shape index (κ2) is 6.51. The van der Waals surface area contributed by atoms with Crippen molar-refractivity contribution in [2.24, 2.45) is 0 Å². The summed E-state index contributed by atoms with van der Waals surface area (Å²) in [7, 11) is 0. The molecule has 1 N–H and O–H groups in total. The zero-order chi connectivity index (χ0) is 21.0. The highest BCUT2D eigenvalue weighted by Crippen LogP contribution is 2.35. The number of H-pyrrole nitrogens is 1. The standard InChI is InChI=1S/C21H21FN6O2/c1-12-5-4-7-28-15(12)9-14(26-28)18-17-13(24-11-25-17)6-8-27(18)19(29)16-10-23-20(30-16)21(2,3)22/h4-5,7,9-11,18H,6,8H2,1-3H3,(H,24,25)/t18-/m1/s1. The fourth-order valence-electron chi connectivity index (χ4n) is 3.89. The number of aromatic nitrogens is 5. The van der Waals surface area contributed by atoms with Gasteiger partial charge in [-0.05, 0) is 38.5 Å². The summed E-state index contributed by atoms with van der Waals surface area (Å²) in [5, 5.41) is 4.71. The van der Waals surface area contributed by atoms with Gasteiger partial charge in [0.1, 0.15) is 6.04 Å².